The van der Waals surface area contributed by atoms with Gasteiger partial charge in [-0.05, 0) is 32.9 Å². The Bertz CT molecular complexity index is 515. The average Bonchev–Trinajstić information content (AvgIpc) is 2.82. The van der Waals surface area contributed by atoms with Gasteiger partial charge in [-0.1, -0.05) is 0 Å². The first-order valence-corrected chi connectivity index (χ1v) is 7.31. The summed E-state index contributed by atoms with van der Waals surface area (Å²) in [5.74, 6) is 1.48. The molecule has 1 aliphatic rings. The summed E-state index contributed by atoms with van der Waals surface area (Å²) >= 11 is 0. The number of rotatable bonds is 6. The number of benzene rings is 1. The molecule has 1 aliphatic heterocycles. The van der Waals surface area contributed by atoms with E-state index in [0.717, 1.165) is 23.5 Å². The predicted molar refractivity (Wildman–Crippen MR) is 79.7 cm³/mol. The van der Waals surface area contributed by atoms with Crippen molar-refractivity contribution in [1.29, 1.82) is 0 Å². The molecule has 5 nitrogen and oxygen atoms in total. The van der Waals surface area contributed by atoms with E-state index in [4.69, 9.17) is 14.2 Å². The number of hydrogen-bond donors (Lipinski definition) is 1. The molecule has 5 heteroatoms. The predicted octanol–water partition coefficient (Wildman–Crippen LogP) is 2.06. The SMILES string of the molecule is CCOc1cc2c(cc1CN[C@@H](C)C(=O)OC)OC(C)C2. The van der Waals surface area contributed by atoms with Gasteiger partial charge in [-0.25, -0.2) is 0 Å². The summed E-state index contributed by atoms with van der Waals surface area (Å²) < 4.78 is 16.2. The number of carbonyl (C=O) groups is 1. The smallest absolute Gasteiger partial charge is 0.322 e. The molecule has 1 heterocycles. The van der Waals surface area contributed by atoms with E-state index < -0.39 is 0 Å². The van der Waals surface area contributed by atoms with Gasteiger partial charge in [-0.3, -0.25) is 4.79 Å². The summed E-state index contributed by atoms with van der Waals surface area (Å²) in [6, 6.07) is 3.68. The van der Waals surface area contributed by atoms with Gasteiger partial charge < -0.3 is 19.5 Å². The van der Waals surface area contributed by atoms with Crippen LogP contribution in [0.15, 0.2) is 12.1 Å². The van der Waals surface area contributed by atoms with Crippen LogP contribution in [-0.4, -0.2) is 31.8 Å². The molecule has 116 valence electrons. The largest absolute Gasteiger partial charge is 0.494 e. The molecular weight excluding hydrogens is 270 g/mol. The lowest BCUT2D eigenvalue weighted by molar-refractivity contribution is -0.142. The average molecular weight is 293 g/mol. The molecule has 1 unspecified atom stereocenters. The lowest BCUT2D eigenvalue weighted by Gasteiger charge is -2.15. The molecule has 1 aromatic rings. The zero-order valence-corrected chi connectivity index (χ0v) is 13.1. The number of nitrogens with one attached hydrogen (secondary N) is 1. The van der Waals surface area contributed by atoms with Crippen molar-refractivity contribution >= 4 is 5.97 Å². The van der Waals surface area contributed by atoms with E-state index >= 15 is 0 Å². The fourth-order valence-electron chi connectivity index (χ4n) is 2.43. The second-order valence-electron chi connectivity index (χ2n) is 5.26. The third kappa shape index (κ3) is 3.67. The Balaban J connectivity index is 2.14. The van der Waals surface area contributed by atoms with E-state index in [-0.39, 0.29) is 18.1 Å². The lowest BCUT2D eigenvalue weighted by Crippen LogP contribution is -2.34. The van der Waals surface area contributed by atoms with Crippen molar-refractivity contribution in [3.8, 4) is 11.5 Å². The third-order valence-corrected chi connectivity index (χ3v) is 3.53. The summed E-state index contributed by atoms with van der Waals surface area (Å²) in [4.78, 5) is 11.4. The monoisotopic (exact) mass is 293 g/mol. The molecule has 0 amide bonds. The standard InChI is InChI=1S/C16H23NO4/c1-5-20-14-7-12-6-10(2)21-15(12)8-13(14)9-17-11(3)16(18)19-4/h7-8,10-11,17H,5-6,9H2,1-4H3/t10?,11-/m0/s1. The molecule has 0 fully saturated rings. The van der Waals surface area contributed by atoms with Crippen molar-refractivity contribution in [3.63, 3.8) is 0 Å². The number of esters is 1. The van der Waals surface area contributed by atoms with Crippen LogP contribution < -0.4 is 14.8 Å². The Morgan fingerprint density at radius 1 is 1.52 bits per heavy atom. The van der Waals surface area contributed by atoms with Crippen molar-refractivity contribution in [3.05, 3.63) is 23.3 Å². The van der Waals surface area contributed by atoms with Gasteiger partial charge in [0.1, 0.15) is 23.6 Å². The lowest BCUT2D eigenvalue weighted by atomic mass is 10.1. The molecular formula is C16H23NO4. The minimum atomic E-state index is -0.363. The highest BCUT2D eigenvalue weighted by Gasteiger charge is 2.22. The van der Waals surface area contributed by atoms with Gasteiger partial charge in [0, 0.05) is 24.1 Å². The summed E-state index contributed by atoms with van der Waals surface area (Å²) in [5, 5.41) is 3.14. The van der Waals surface area contributed by atoms with E-state index in [1.165, 1.54) is 12.7 Å². The fourth-order valence-corrected chi connectivity index (χ4v) is 2.43. The highest BCUT2D eigenvalue weighted by Crippen LogP contribution is 2.35. The van der Waals surface area contributed by atoms with E-state index in [1.807, 2.05) is 19.1 Å². The van der Waals surface area contributed by atoms with Crippen molar-refractivity contribution in [1.82, 2.24) is 5.32 Å². The van der Waals surface area contributed by atoms with Crippen LogP contribution in [0.1, 0.15) is 31.9 Å². The Hall–Kier alpha value is -1.75. The maximum absolute atomic E-state index is 11.4. The first kappa shape index (κ1) is 15.6. The highest BCUT2D eigenvalue weighted by atomic mass is 16.5. The quantitative estimate of drug-likeness (QED) is 0.814. The fraction of sp³-hybridized carbons (Fsp3) is 0.562. The van der Waals surface area contributed by atoms with Gasteiger partial charge >= 0.3 is 5.97 Å². The first-order valence-electron chi connectivity index (χ1n) is 7.31. The van der Waals surface area contributed by atoms with Crippen LogP contribution in [0.25, 0.3) is 0 Å². The number of ether oxygens (including phenoxy) is 3. The molecule has 1 N–H and O–H groups in total. The molecule has 0 saturated heterocycles. The zero-order chi connectivity index (χ0) is 15.4. The maximum atomic E-state index is 11.4. The molecule has 2 rings (SSSR count). The Labute approximate surface area is 125 Å². The number of hydrogen-bond acceptors (Lipinski definition) is 5. The van der Waals surface area contributed by atoms with Crippen LogP contribution in [0.2, 0.25) is 0 Å². The summed E-state index contributed by atoms with van der Waals surface area (Å²) in [5.41, 5.74) is 2.16. The van der Waals surface area contributed by atoms with Crippen LogP contribution >= 0.6 is 0 Å². The van der Waals surface area contributed by atoms with E-state index in [0.29, 0.717) is 13.2 Å². The normalized spacial score (nSPS) is 17.8. The Kier molecular flexibility index (Phi) is 5.07. The van der Waals surface area contributed by atoms with Crippen LogP contribution in [0.3, 0.4) is 0 Å². The summed E-state index contributed by atoms with van der Waals surface area (Å²) in [6.07, 6.45) is 1.11. The van der Waals surface area contributed by atoms with Crippen molar-refractivity contribution in [2.24, 2.45) is 0 Å². The van der Waals surface area contributed by atoms with Crippen molar-refractivity contribution in [2.45, 2.75) is 45.9 Å². The molecule has 0 saturated carbocycles. The number of fused-ring (bicyclic) bond motifs is 1. The van der Waals surface area contributed by atoms with Gasteiger partial charge in [0.05, 0.1) is 13.7 Å². The van der Waals surface area contributed by atoms with Crippen molar-refractivity contribution in [2.75, 3.05) is 13.7 Å². The highest BCUT2D eigenvalue weighted by molar-refractivity contribution is 5.75. The van der Waals surface area contributed by atoms with Gasteiger partial charge in [-0.2, -0.15) is 0 Å². The topological polar surface area (TPSA) is 56.8 Å². The first-order chi connectivity index (χ1) is 10.0. The second kappa shape index (κ2) is 6.80. The number of carbonyl (C=O) groups excluding carboxylic acids is 1. The molecule has 0 aromatic heterocycles. The van der Waals surface area contributed by atoms with Gasteiger partial charge in [0.2, 0.25) is 0 Å². The van der Waals surface area contributed by atoms with Gasteiger partial charge in [-0.15, -0.1) is 0 Å². The molecule has 0 spiro atoms. The molecule has 2 atom stereocenters. The van der Waals surface area contributed by atoms with Crippen LogP contribution in [0, 0.1) is 0 Å². The van der Waals surface area contributed by atoms with Gasteiger partial charge in [0.15, 0.2) is 0 Å². The minimum Gasteiger partial charge on any atom is -0.494 e. The third-order valence-electron chi connectivity index (χ3n) is 3.53. The van der Waals surface area contributed by atoms with Crippen LogP contribution in [0.4, 0.5) is 0 Å². The number of methoxy groups -OCH3 is 1. The minimum absolute atomic E-state index is 0.201. The Morgan fingerprint density at radius 3 is 2.95 bits per heavy atom. The van der Waals surface area contributed by atoms with E-state index in [9.17, 15) is 4.79 Å². The van der Waals surface area contributed by atoms with E-state index in [2.05, 4.69) is 12.2 Å². The van der Waals surface area contributed by atoms with Gasteiger partial charge in [0.25, 0.3) is 0 Å². The summed E-state index contributed by atoms with van der Waals surface area (Å²) in [6.45, 7) is 6.92. The molecule has 0 bridgehead atoms. The zero-order valence-electron chi connectivity index (χ0n) is 13.1. The van der Waals surface area contributed by atoms with Crippen LogP contribution in [0.5, 0.6) is 11.5 Å². The Morgan fingerprint density at radius 2 is 2.29 bits per heavy atom. The van der Waals surface area contributed by atoms with E-state index in [1.54, 1.807) is 6.92 Å². The molecule has 21 heavy (non-hydrogen) atoms. The van der Waals surface area contributed by atoms with Crippen molar-refractivity contribution < 1.29 is 19.0 Å². The maximum Gasteiger partial charge on any atom is 0.322 e. The van der Waals surface area contributed by atoms with Crippen LogP contribution in [-0.2, 0) is 22.5 Å². The second-order valence-corrected chi connectivity index (χ2v) is 5.26. The molecule has 0 aliphatic carbocycles. The summed E-state index contributed by atoms with van der Waals surface area (Å²) in [7, 11) is 1.39. The molecule has 1 aromatic carbocycles. The molecule has 0 radical (unpaired) electrons.